The summed E-state index contributed by atoms with van der Waals surface area (Å²) in [6.07, 6.45) is 7.11. The first kappa shape index (κ1) is 17.9. The zero-order valence-electron chi connectivity index (χ0n) is 15.7. The van der Waals surface area contributed by atoms with E-state index in [2.05, 4.69) is 73.5 Å². The standard InChI is InChI=1S/C21H27N3S/c1-20(2,3)16-8-6-15(7-9-16)18-14-25-19(23-18)21(22)12-10-17(11-13-21)24(4)5/h6-12,14H,13,22H2,1-5H3. The molecule has 0 radical (unpaired) electrons. The lowest BCUT2D eigenvalue weighted by Crippen LogP contribution is -2.35. The number of rotatable bonds is 3. The minimum Gasteiger partial charge on any atom is -0.378 e. The highest BCUT2D eigenvalue weighted by Gasteiger charge is 2.29. The van der Waals surface area contributed by atoms with Crippen molar-refractivity contribution in [2.24, 2.45) is 5.73 Å². The van der Waals surface area contributed by atoms with Crippen LogP contribution in [0, 0.1) is 0 Å². The molecule has 132 valence electrons. The normalized spacial score (nSPS) is 20.5. The van der Waals surface area contributed by atoms with E-state index >= 15 is 0 Å². The highest BCUT2D eigenvalue weighted by atomic mass is 32.1. The van der Waals surface area contributed by atoms with E-state index in [9.17, 15) is 0 Å². The Morgan fingerprint density at radius 2 is 1.84 bits per heavy atom. The van der Waals surface area contributed by atoms with Crippen LogP contribution in [0.3, 0.4) is 0 Å². The van der Waals surface area contributed by atoms with E-state index in [4.69, 9.17) is 10.7 Å². The molecule has 3 nitrogen and oxygen atoms in total. The van der Waals surface area contributed by atoms with Crippen LogP contribution < -0.4 is 5.73 Å². The lowest BCUT2D eigenvalue weighted by molar-refractivity contribution is 0.495. The van der Waals surface area contributed by atoms with Gasteiger partial charge in [-0.1, -0.05) is 57.2 Å². The van der Waals surface area contributed by atoms with Crippen molar-refractivity contribution in [3.63, 3.8) is 0 Å². The SMILES string of the molecule is CN(C)C1=CCC(N)(c2nc(-c3ccc(C(C)(C)C)cc3)cs2)C=C1. The summed E-state index contributed by atoms with van der Waals surface area (Å²) in [5, 5.41) is 3.07. The van der Waals surface area contributed by atoms with Crippen LogP contribution in [0.25, 0.3) is 11.3 Å². The van der Waals surface area contributed by atoms with Crippen LogP contribution >= 0.6 is 11.3 Å². The van der Waals surface area contributed by atoms with Crippen LogP contribution in [-0.2, 0) is 11.0 Å². The Labute approximate surface area is 154 Å². The molecule has 1 atom stereocenters. The Bertz CT molecular complexity index is 806. The highest BCUT2D eigenvalue weighted by molar-refractivity contribution is 7.10. The first-order valence-electron chi connectivity index (χ1n) is 8.61. The molecule has 1 aromatic carbocycles. The zero-order chi connectivity index (χ0) is 18.2. The second-order valence-electron chi connectivity index (χ2n) is 7.97. The van der Waals surface area contributed by atoms with Gasteiger partial charge in [-0.15, -0.1) is 11.3 Å². The van der Waals surface area contributed by atoms with E-state index in [1.807, 2.05) is 14.1 Å². The molecule has 1 aliphatic rings. The van der Waals surface area contributed by atoms with Gasteiger partial charge in [0.05, 0.1) is 11.2 Å². The van der Waals surface area contributed by atoms with Gasteiger partial charge in [0.25, 0.3) is 0 Å². The third-order valence-electron chi connectivity index (χ3n) is 4.67. The molecule has 0 fully saturated rings. The Hall–Kier alpha value is -1.91. The molecule has 4 heteroatoms. The van der Waals surface area contributed by atoms with Gasteiger partial charge in [-0.3, -0.25) is 0 Å². The number of allylic oxidation sites excluding steroid dienone is 1. The number of benzene rings is 1. The van der Waals surface area contributed by atoms with E-state index in [-0.39, 0.29) is 5.41 Å². The number of nitrogens with two attached hydrogens (primary N) is 1. The topological polar surface area (TPSA) is 42.1 Å². The summed E-state index contributed by atoms with van der Waals surface area (Å²) < 4.78 is 0. The van der Waals surface area contributed by atoms with Gasteiger partial charge in [-0.25, -0.2) is 4.98 Å². The number of likely N-dealkylation sites (N-methyl/N-ethyl adjacent to an activating group) is 1. The summed E-state index contributed by atoms with van der Waals surface area (Å²) in [5.74, 6) is 0. The second-order valence-corrected chi connectivity index (χ2v) is 8.82. The van der Waals surface area contributed by atoms with Crippen molar-refractivity contribution in [3.05, 3.63) is 64.1 Å². The second kappa shape index (κ2) is 6.43. The largest absolute Gasteiger partial charge is 0.378 e. The summed E-state index contributed by atoms with van der Waals surface area (Å²) in [6.45, 7) is 6.68. The molecule has 1 aliphatic carbocycles. The molecule has 0 bridgehead atoms. The minimum atomic E-state index is -0.506. The molecule has 1 aromatic heterocycles. The zero-order valence-corrected chi connectivity index (χ0v) is 16.5. The molecule has 0 saturated carbocycles. The molecular weight excluding hydrogens is 326 g/mol. The summed E-state index contributed by atoms with van der Waals surface area (Å²) in [6, 6.07) is 8.70. The monoisotopic (exact) mass is 353 g/mol. The van der Waals surface area contributed by atoms with Gasteiger partial charge in [0.15, 0.2) is 0 Å². The third kappa shape index (κ3) is 3.70. The van der Waals surface area contributed by atoms with Crippen LogP contribution in [0.2, 0.25) is 0 Å². The van der Waals surface area contributed by atoms with Crippen molar-refractivity contribution in [3.8, 4) is 11.3 Å². The fourth-order valence-corrected chi connectivity index (χ4v) is 3.83. The average molecular weight is 354 g/mol. The molecule has 2 aromatic rings. The maximum atomic E-state index is 6.61. The minimum absolute atomic E-state index is 0.163. The maximum absolute atomic E-state index is 6.61. The van der Waals surface area contributed by atoms with Crippen molar-refractivity contribution in [2.45, 2.75) is 38.1 Å². The fraction of sp³-hybridized carbons (Fsp3) is 0.381. The number of hydrogen-bond donors (Lipinski definition) is 1. The number of nitrogens with zero attached hydrogens (tertiary/aromatic N) is 2. The maximum Gasteiger partial charge on any atom is 0.117 e. The molecule has 0 spiro atoms. The Balaban J connectivity index is 1.83. The van der Waals surface area contributed by atoms with Crippen LogP contribution in [0.5, 0.6) is 0 Å². The van der Waals surface area contributed by atoms with E-state index in [0.29, 0.717) is 0 Å². The van der Waals surface area contributed by atoms with Gasteiger partial charge in [0, 0.05) is 30.7 Å². The first-order chi connectivity index (χ1) is 11.7. The number of aromatic nitrogens is 1. The molecule has 0 aliphatic heterocycles. The van der Waals surface area contributed by atoms with Crippen molar-refractivity contribution in [2.75, 3.05) is 14.1 Å². The summed E-state index contributed by atoms with van der Waals surface area (Å²) in [4.78, 5) is 6.93. The molecule has 1 unspecified atom stereocenters. The highest BCUT2D eigenvalue weighted by Crippen LogP contribution is 2.34. The molecule has 25 heavy (non-hydrogen) atoms. The van der Waals surface area contributed by atoms with Crippen LogP contribution in [-0.4, -0.2) is 24.0 Å². The number of hydrogen-bond acceptors (Lipinski definition) is 4. The van der Waals surface area contributed by atoms with Crippen molar-refractivity contribution in [1.29, 1.82) is 0 Å². The lowest BCUT2D eigenvalue weighted by atomic mass is 9.86. The van der Waals surface area contributed by atoms with Crippen LogP contribution in [0.4, 0.5) is 0 Å². The van der Waals surface area contributed by atoms with E-state index in [1.165, 1.54) is 11.3 Å². The van der Waals surface area contributed by atoms with Crippen molar-refractivity contribution < 1.29 is 0 Å². The lowest BCUT2D eigenvalue weighted by Gasteiger charge is -2.27. The van der Waals surface area contributed by atoms with E-state index < -0.39 is 5.54 Å². The fourth-order valence-electron chi connectivity index (χ4n) is 2.89. The van der Waals surface area contributed by atoms with Crippen LogP contribution in [0.15, 0.2) is 53.6 Å². The van der Waals surface area contributed by atoms with Gasteiger partial charge < -0.3 is 10.6 Å². The molecule has 2 N–H and O–H groups in total. The van der Waals surface area contributed by atoms with E-state index in [1.54, 1.807) is 11.3 Å². The van der Waals surface area contributed by atoms with E-state index in [0.717, 1.165) is 22.7 Å². The molecule has 0 saturated heterocycles. The Morgan fingerprint density at radius 1 is 1.16 bits per heavy atom. The van der Waals surface area contributed by atoms with Gasteiger partial charge in [0.1, 0.15) is 5.01 Å². The molecular formula is C21H27N3S. The summed E-state index contributed by atoms with van der Waals surface area (Å²) in [5.41, 5.74) is 10.9. The third-order valence-corrected chi connectivity index (χ3v) is 5.70. The van der Waals surface area contributed by atoms with Gasteiger partial charge in [-0.2, -0.15) is 0 Å². The summed E-state index contributed by atoms with van der Waals surface area (Å²) >= 11 is 1.64. The molecule has 0 amide bonds. The van der Waals surface area contributed by atoms with Crippen LogP contribution in [0.1, 0.15) is 37.8 Å². The first-order valence-corrected chi connectivity index (χ1v) is 9.49. The van der Waals surface area contributed by atoms with Gasteiger partial charge in [-0.05, 0) is 23.5 Å². The van der Waals surface area contributed by atoms with Crippen molar-refractivity contribution >= 4 is 11.3 Å². The molecule has 1 heterocycles. The quantitative estimate of drug-likeness (QED) is 0.872. The smallest absolute Gasteiger partial charge is 0.117 e. The Kier molecular flexibility index (Phi) is 4.60. The number of thiazole rings is 1. The van der Waals surface area contributed by atoms with Gasteiger partial charge >= 0.3 is 0 Å². The van der Waals surface area contributed by atoms with Crippen molar-refractivity contribution in [1.82, 2.24) is 9.88 Å². The predicted molar refractivity (Wildman–Crippen MR) is 108 cm³/mol. The average Bonchev–Trinajstić information content (AvgIpc) is 3.05. The summed E-state index contributed by atoms with van der Waals surface area (Å²) in [7, 11) is 4.09. The molecule has 3 rings (SSSR count). The predicted octanol–water partition coefficient (Wildman–Crippen LogP) is 4.67. The van der Waals surface area contributed by atoms with Gasteiger partial charge in [0.2, 0.25) is 0 Å². The Morgan fingerprint density at radius 3 is 2.36 bits per heavy atom.